The molecule has 0 aromatic heterocycles. The van der Waals surface area contributed by atoms with Crippen LogP contribution >= 0.6 is 11.8 Å². The number of carboxylic acid groups (broad SMARTS) is 2. The second-order valence-corrected chi connectivity index (χ2v) is 7.55. The largest absolute Gasteiger partial charge is 0.481 e. The number of hydrogen-bond acceptors (Lipinski definition) is 4. The van der Waals surface area contributed by atoms with Crippen LogP contribution in [0.4, 0.5) is 0 Å². The first kappa shape index (κ1) is 21.0. The van der Waals surface area contributed by atoms with Gasteiger partial charge in [0.1, 0.15) is 0 Å². The van der Waals surface area contributed by atoms with Gasteiger partial charge in [-0.3, -0.25) is 9.59 Å². The first-order valence-electron chi connectivity index (χ1n) is 8.86. The maximum Gasteiger partial charge on any atom is 0.304 e. The van der Waals surface area contributed by atoms with Gasteiger partial charge in [-0.1, -0.05) is 54.6 Å². The van der Waals surface area contributed by atoms with E-state index in [-0.39, 0.29) is 18.1 Å². The van der Waals surface area contributed by atoms with Crippen molar-refractivity contribution in [1.82, 2.24) is 0 Å². The molecule has 2 rings (SSSR count). The molecule has 0 radical (unpaired) electrons. The van der Waals surface area contributed by atoms with Crippen LogP contribution in [-0.4, -0.2) is 44.4 Å². The Balaban J connectivity index is 2.12. The Morgan fingerprint density at radius 2 is 1.70 bits per heavy atom. The molecule has 0 spiro atoms. The predicted octanol–water partition coefficient (Wildman–Crippen LogP) is 4.05. The Morgan fingerprint density at radius 1 is 1.00 bits per heavy atom. The summed E-state index contributed by atoms with van der Waals surface area (Å²) in [7, 11) is 0. The van der Waals surface area contributed by atoms with E-state index in [0.29, 0.717) is 18.6 Å². The zero-order chi connectivity index (χ0) is 19.6. The molecule has 2 atom stereocenters. The van der Waals surface area contributed by atoms with E-state index >= 15 is 0 Å². The number of fused-ring (bicyclic) bond motifs is 1. The van der Waals surface area contributed by atoms with Crippen LogP contribution in [-0.2, 0) is 9.59 Å². The molecule has 27 heavy (non-hydrogen) atoms. The summed E-state index contributed by atoms with van der Waals surface area (Å²) in [6.45, 7) is 0. The zero-order valence-electron chi connectivity index (χ0n) is 15.0. The molecule has 0 heterocycles. The quantitative estimate of drug-likeness (QED) is 0.538. The number of carboxylic acids is 2. The smallest absolute Gasteiger partial charge is 0.304 e. The molecule has 2 unspecified atom stereocenters. The van der Waals surface area contributed by atoms with Gasteiger partial charge in [0.25, 0.3) is 0 Å². The van der Waals surface area contributed by atoms with Crippen molar-refractivity contribution < 1.29 is 24.9 Å². The van der Waals surface area contributed by atoms with Crippen LogP contribution < -0.4 is 0 Å². The molecule has 0 saturated carbocycles. The van der Waals surface area contributed by atoms with Crippen molar-refractivity contribution in [3.63, 3.8) is 0 Å². The van der Waals surface area contributed by atoms with E-state index in [4.69, 9.17) is 10.2 Å². The van der Waals surface area contributed by atoms with Crippen molar-refractivity contribution >= 4 is 40.5 Å². The highest BCUT2D eigenvalue weighted by atomic mass is 32.2. The van der Waals surface area contributed by atoms with E-state index < -0.39 is 18.0 Å². The molecule has 0 amide bonds. The van der Waals surface area contributed by atoms with Crippen molar-refractivity contribution in [3.8, 4) is 0 Å². The number of aliphatic hydroxyl groups excluding tert-OH is 1. The Labute approximate surface area is 162 Å². The summed E-state index contributed by atoms with van der Waals surface area (Å²) >= 11 is 1.38. The highest BCUT2D eigenvalue weighted by Crippen LogP contribution is 2.24. The topological polar surface area (TPSA) is 94.8 Å². The lowest BCUT2D eigenvalue weighted by Gasteiger charge is -2.19. The molecule has 5 nitrogen and oxygen atoms in total. The normalized spacial score (nSPS) is 13.7. The van der Waals surface area contributed by atoms with Gasteiger partial charge in [-0.25, -0.2) is 0 Å². The molecule has 0 aliphatic heterocycles. The van der Waals surface area contributed by atoms with Crippen LogP contribution in [0.25, 0.3) is 16.8 Å². The lowest BCUT2D eigenvalue weighted by atomic mass is 10.0. The van der Waals surface area contributed by atoms with Gasteiger partial charge in [0.2, 0.25) is 0 Å². The van der Waals surface area contributed by atoms with Crippen LogP contribution in [0.1, 0.15) is 31.2 Å². The predicted molar refractivity (Wildman–Crippen MR) is 109 cm³/mol. The molecular weight excluding hydrogens is 364 g/mol. The molecule has 3 N–H and O–H groups in total. The third kappa shape index (κ3) is 7.07. The summed E-state index contributed by atoms with van der Waals surface area (Å²) in [5, 5.41) is 30.0. The number of aliphatic hydroxyl groups is 1. The summed E-state index contributed by atoms with van der Waals surface area (Å²) in [6.07, 6.45) is 3.88. The average Bonchev–Trinajstić information content (AvgIpc) is 2.63. The van der Waals surface area contributed by atoms with Gasteiger partial charge < -0.3 is 15.3 Å². The van der Waals surface area contributed by atoms with Crippen LogP contribution in [0.3, 0.4) is 0 Å². The second-order valence-electron chi connectivity index (χ2n) is 6.26. The molecule has 144 valence electrons. The summed E-state index contributed by atoms with van der Waals surface area (Å²) in [5.74, 6) is -1.38. The van der Waals surface area contributed by atoms with Crippen molar-refractivity contribution in [1.29, 1.82) is 0 Å². The monoisotopic (exact) mass is 388 g/mol. The fourth-order valence-electron chi connectivity index (χ4n) is 2.80. The van der Waals surface area contributed by atoms with Gasteiger partial charge in [0.15, 0.2) is 0 Å². The number of hydrogen-bond donors (Lipinski definition) is 3. The molecular formula is C21H24O5S. The minimum absolute atomic E-state index is 0.0105. The molecule has 2 aromatic rings. The van der Waals surface area contributed by atoms with Crippen molar-refractivity contribution in [2.75, 3.05) is 5.75 Å². The highest BCUT2D eigenvalue weighted by Gasteiger charge is 2.18. The van der Waals surface area contributed by atoms with Gasteiger partial charge in [-0.15, -0.1) is 0 Å². The SMILES string of the molecule is O=C(O)CCCC(O)C(/C=C\c1cccc2ccccc12)SCCC(=O)O. The van der Waals surface area contributed by atoms with Crippen molar-refractivity contribution in [2.45, 2.75) is 37.0 Å². The third-order valence-corrected chi connectivity index (χ3v) is 5.48. The third-order valence-electron chi connectivity index (χ3n) is 4.18. The first-order chi connectivity index (χ1) is 13.0. The minimum atomic E-state index is -0.886. The van der Waals surface area contributed by atoms with Gasteiger partial charge in [-0.2, -0.15) is 11.8 Å². The van der Waals surface area contributed by atoms with Gasteiger partial charge in [0.05, 0.1) is 12.5 Å². The Hall–Kier alpha value is -2.31. The zero-order valence-corrected chi connectivity index (χ0v) is 15.8. The van der Waals surface area contributed by atoms with Crippen LogP contribution in [0.2, 0.25) is 0 Å². The maximum absolute atomic E-state index is 10.8. The highest BCUT2D eigenvalue weighted by molar-refractivity contribution is 8.00. The fourth-order valence-corrected chi connectivity index (χ4v) is 3.91. The number of rotatable bonds is 11. The van der Waals surface area contributed by atoms with E-state index in [1.165, 1.54) is 11.8 Å². The molecule has 6 heteroatoms. The van der Waals surface area contributed by atoms with Gasteiger partial charge in [-0.05, 0) is 29.2 Å². The summed E-state index contributed by atoms with van der Waals surface area (Å²) < 4.78 is 0. The molecule has 0 aliphatic rings. The summed E-state index contributed by atoms with van der Waals surface area (Å²) in [4.78, 5) is 21.4. The number of benzene rings is 2. The lowest BCUT2D eigenvalue weighted by molar-refractivity contribution is -0.137. The fraction of sp³-hybridized carbons (Fsp3) is 0.333. The first-order valence-corrected chi connectivity index (χ1v) is 9.91. The second kappa shape index (κ2) is 10.7. The van der Waals surface area contributed by atoms with Crippen LogP contribution in [0, 0.1) is 0 Å². The van der Waals surface area contributed by atoms with Crippen LogP contribution in [0.15, 0.2) is 48.5 Å². The molecule has 0 fully saturated rings. The van der Waals surface area contributed by atoms with E-state index in [0.717, 1.165) is 16.3 Å². The summed E-state index contributed by atoms with van der Waals surface area (Å²) in [6, 6.07) is 14.0. The Kier molecular flexibility index (Phi) is 8.36. The molecule has 0 aliphatic carbocycles. The Bertz CT molecular complexity index is 797. The molecule has 0 saturated heterocycles. The number of carbonyl (C=O) groups is 2. The van der Waals surface area contributed by atoms with E-state index in [1.54, 1.807) is 0 Å². The number of aliphatic carboxylic acids is 2. The standard InChI is InChI=1S/C21H24O5S/c22-18(9-4-10-20(23)24)19(27-14-13-21(25)26)12-11-16-7-3-6-15-5-1-2-8-17(15)16/h1-3,5-8,11-12,18-19,22H,4,9-10,13-14H2,(H,23,24)(H,25,26)/b12-11-. The van der Waals surface area contributed by atoms with Gasteiger partial charge >= 0.3 is 11.9 Å². The van der Waals surface area contributed by atoms with E-state index in [2.05, 4.69) is 0 Å². The van der Waals surface area contributed by atoms with E-state index in [9.17, 15) is 14.7 Å². The Morgan fingerprint density at radius 3 is 2.44 bits per heavy atom. The molecule has 0 bridgehead atoms. The van der Waals surface area contributed by atoms with Gasteiger partial charge in [0, 0.05) is 17.4 Å². The van der Waals surface area contributed by atoms with Crippen LogP contribution in [0.5, 0.6) is 0 Å². The average molecular weight is 388 g/mol. The van der Waals surface area contributed by atoms with Crippen molar-refractivity contribution in [2.24, 2.45) is 0 Å². The molecule has 2 aromatic carbocycles. The van der Waals surface area contributed by atoms with E-state index in [1.807, 2.05) is 54.6 Å². The van der Waals surface area contributed by atoms with Crippen molar-refractivity contribution in [3.05, 3.63) is 54.1 Å². The number of thioether (sulfide) groups is 1. The summed E-state index contributed by atoms with van der Waals surface area (Å²) in [5.41, 5.74) is 1.02. The lowest BCUT2D eigenvalue weighted by Crippen LogP contribution is -2.22. The minimum Gasteiger partial charge on any atom is -0.481 e. The maximum atomic E-state index is 10.8.